The van der Waals surface area contributed by atoms with Crippen LogP contribution in [0, 0.1) is 17.1 Å². The van der Waals surface area contributed by atoms with E-state index in [2.05, 4.69) is 4.98 Å². The Morgan fingerprint density at radius 3 is 2.45 bits per heavy atom. The molecule has 2 heterocycles. The fourth-order valence-electron chi connectivity index (χ4n) is 3.20. The molecule has 11 heteroatoms. The maximum absolute atomic E-state index is 13.6. The number of nitriles is 1. The molecule has 0 aliphatic carbocycles. The lowest BCUT2D eigenvalue weighted by Gasteiger charge is -2.26. The fourth-order valence-corrected chi connectivity index (χ4v) is 4.19. The third kappa shape index (κ3) is 4.12. The van der Waals surface area contributed by atoms with E-state index < -0.39 is 26.1 Å². The van der Waals surface area contributed by atoms with Gasteiger partial charge in [0.25, 0.3) is 9.84 Å². The Morgan fingerprint density at radius 2 is 1.76 bits per heavy atom. The molecule has 1 saturated heterocycles. The van der Waals surface area contributed by atoms with E-state index >= 15 is 0 Å². The molecule has 2 aromatic rings. The van der Waals surface area contributed by atoms with Crippen molar-refractivity contribution in [1.82, 2.24) is 4.98 Å². The molecule has 29 heavy (non-hydrogen) atoms. The van der Waals surface area contributed by atoms with E-state index in [0.717, 1.165) is 12.1 Å². The minimum absolute atomic E-state index is 0.174. The number of hydrogen-bond acceptors (Lipinski definition) is 6. The Hall–Kier alpha value is -2.87. The Morgan fingerprint density at radius 1 is 1.07 bits per heavy atom. The van der Waals surface area contributed by atoms with Crippen LogP contribution in [-0.2, 0) is 9.84 Å². The summed E-state index contributed by atoms with van der Waals surface area (Å²) in [6.45, 7) is 1.21. The van der Waals surface area contributed by atoms with Crippen LogP contribution in [0.15, 0.2) is 41.4 Å². The molecule has 0 N–H and O–H groups in total. The number of pyridine rings is 1. The van der Waals surface area contributed by atoms with Crippen LogP contribution in [0.2, 0.25) is 0 Å². The molecule has 0 saturated carbocycles. The van der Waals surface area contributed by atoms with Gasteiger partial charge in [-0.3, -0.25) is 0 Å². The van der Waals surface area contributed by atoms with Crippen molar-refractivity contribution in [3.05, 3.63) is 47.9 Å². The van der Waals surface area contributed by atoms with E-state index in [0.29, 0.717) is 37.0 Å². The molecule has 1 aromatic carbocycles. The molecular formula is C18H16F4N4O2S. The van der Waals surface area contributed by atoms with E-state index in [-0.39, 0.29) is 18.8 Å². The molecule has 0 amide bonds. The number of alkyl halides is 3. The lowest BCUT2D eigenvalue weighted by molar-refractivity contribution is -0.0435. The number of rotatable bonds is 3. The molecule has 0 spiro atoms. The summed E-state index contributed by atoms with van der Waals surface area (Å²) in [4.78, 5) is 6.40. The molecule has 1 fully saturated rings. The van der Waals surface area contributed by atoms with Gasteiger partial charge in [-0.25, -0.2) is 17.8 Å². The lowest BCUT2D eigenvalue weighted by atomic mass is 10.2. The first-order valence-corrected chi connectivity index (χ1v) is 10.1. The first-order chi connectivity index (χ1) is 13.6. The second kappa shape index (κ2) is 7.87. The highest BCUT2D eigenvalue weighted by molar-refractivity contribution is 7.92. The maximum Gasteiger partial charge on any atom is 0.501 e. The van der Waals surface area contributed by atoms with E-state index in [1.165, 1.54) is 11.1 Å². The molecule has 1 aliphatic heterocycles. The van der Waals surface area contributed by atoms with E-state index in [4.69, 9.17) is 0 Å². The Bertz CT molecular complexity index is 1050. The summed E-state index contributed by atoms with van der Waals surface area (Å²) in [5.41, 5.74) is -5.38. The Labute approximate surface area is 164 Å². The summed E-state index contributed by atoms with van der Waals surface area (Å²) < 4.78 is 76.7. The summed E-state index contributed by atoms with van der Waals surface area (Å²) in [6.07, 6.45) is 2.01. The van der Waals surface area contributed by atoms with E-state index in [9.17, 15) is 31.2 Å². The second-order valence-corrected chi connectivity index (χ2v) is 8.28. The monoisotopic (exact) mass is 428 g/mol. The zero-order chi connectivity index (χ0) is 21.2. The zero-order valence-corrected chi connectivity index (χ0v) is 15.8. The standard InChI is InChI=1S/C18H16F4N4O2S/c19-14-4-5-15(16(11-14)29(27,28)18(20,21)22)25-7-2-8-26(10-9-25)17-13(12-23)3-1-6-24-17/h1,3-6,11H,2,7-10H2. The molecule has 3 rings (SSSR count). The van der Waals surface area contributed by atoms with Crippen molar-refractivity contribution in [1.29, 1.82) is 5.26 Å². The van der Waals surface area contributed by atoms with Crippen LogP contribution in [0.3, 0.4) is 0 Å². The van der Waals surface area contributed by atoms with Crippen molar-refractivity contribution in [2.24, 2.45) is 0 Å². The predicted octanol–water partition coefficient (Wildman–Crippen LogP) is 3.10. The number of anilines is 2. The maximum atomic E-state index is 13.6. The van der Waals surface area contributed by atoms with Crippen LogP contribution >= 0.6 is 0 Å². The fraction of sp³-hybridized carbons (Fsp3) is 0.333. The van der Waals surface area contributed by atoms with Gasteiger partial charge in [0, 0.05) is 32.4 Å². The van der Waals surface area contributed by atoms with Gasteiger partial charge in [-0.1, -0.05) is 0 Å². The van der Waals surface area contributed by atoms with Gasteiger partial charge >= 0.3 is 5.51 Å². The lowest BCUT2D eigenvalue weighted by Crippen LogP contribution is -2.33. The molecule has 0 radical (unpaired) electrons. The van der Waals surface area contributed by atoms with Crippen LogP contribution in [0.1, 0.15) is 12.0 Å². The minimum atomic E-state index is -5.72. The zero-order valence-electron chi connectivity index (χ0n) is 15.0. The van der Waals surface area contributed by atoms with Gasteiger partial charge in [0.2, 0.25) is 0 Å². The van der Waals surface area contributed by atoms with Crippen LogP contribution in [0.5, 0.6) is 0 Å². The highest BCUT2D eigenvalue weighted by Crippen LogP contribution is 2.36. The largest absolute Gasteiger partial charge is 0.501 e. The van der Waals surface area contributed by atoms with Crippen LogP contribution in [0.4, 0.5) is 29.1 Å². The topological polar surface area (TPSA) is 77.3 Å². The molecule has 1 aromatic heterocycles. The third-order valence-corrected chi connectivity index (χ3v) is 6.07. The van der Waals surface area contributed by atoms with Gasteiger partial charge in [0.15, 0.2) is 0 Å². The average Bonchev–Trinajstić information content (AvgIpc) is 2.93. The highest BCUT2D eigenvalue weighted by Gasteiger charge is 2.48. The van der Waals surface area contributed by atoms with Gasteiger partial charge in [0.1, 0.15) is 22.6 Å². The van der Waals surface area contributed by atoms with Gasteiger partial charge < -0.3 is 9.80 Å². The molecular weight excluding hydrogens is 412 g/mol. The SMILES string of the molecule is N#Cc1cccnc1N1CCCN(c2ccc(F)cc2S(=O)(=O)C(F)(F)F)CC1. The number of aromatic nitrogens is 1. The van der Waals surface area contributed by atoms with Crippen molar-refractivity contribution in [3.8, 4) is 6.07 Å². The minimum Gasteiger partial charge on any atom is -0.369 e. The van der Waals surface area contributed by atoms with Crippen molar-refractivity contribution >= 4 is 21.3 Å². The van der Waals surface area contributed by atoms with Crippen molar-refractivity contribution in [2.75, 3.05) is 36.0 Å². The predicted molar refractivity (Wildman–Crippen MR) is 97.6 cm³/mol. The van der Waals surface area contributed by atoms with Gasteiger partial charge in [-0.2, -0.15) is 18.4 Å². The van der Waals surface area contributed by atoms with Crippen LogP contribution < -0.4 is 9.80 Å². The summed E-state index contributed by atoms with van der Waals surface area (Å²) in [7, 11) is -5.72. The Balaban J connectivity index is 1.93. The Kier molecular flexibility index (Phi) is 5.66. The second-order valence-electron chi connectivity index (χ2n) is 6.38. The number of nitrogens with zero attached hydrogens (tertiary/aromatic N) is 4. The van der Waals surface area contributed by atoms with Gasteiger partial charge in [-0.05, 0) is 36.8 Å². The first-order valence-electron chi connectivity index (χ1n) is 8.61. The summed E-state index contributed by atoms with van der Waals surface area (Å²) in [6, 6.07) is 7.65. The summed E-state index contributed by atoms with van der Waals surface area (Å²) in [5.74, 6) is -0.612. The highest BCUT2D eigenvalue weighted by atomic mass is 32.2. The van der Waals surface area contributed by atoms with E-state index in [1.807, 2.05) is 11.0 Å². The summed E-state index contributed by atoms with van der Waals surface area (Å²) in [5, 5.41) is 9.24. The van der Waals surface area contributed by atoms with Crippen LogP contribution in [0.25, 0.3) is 0 Å². The van der Waals surface area contributed by atoms with Gasteiger partial charge in [0.05, 0.1) is 11.3 Å². The van der Waals surface area contributed by atoms with Crippen molar-refractivity contribution < 1.29 is 26.0 Å². The number of benzene rings is 1. The quantitative estimate of drug-likeness (QED) is 0.700. The number of hydrogen-bond donors (Lipinski definition) is 0. The van der Waals surface area contributed by atoms with Crippen LogP contribution in [-0.4, -0.2) is 45.1 Å². The number of halogens is 4. The van der Waals surface area contributed by atoms with Gasteiger partial charge in [-0.15, -0.1) is 0 Å². The molecule has 6 nitrogen and oxygen atoms in total. The molecule has 1 aliphatic rings. The number of sulfone groups is 1. The van der Waals surface area contributed by atoms with Crippen molar-refractivity contribution in [3.63, 3.8) is 0 Å². The molecule has 154 valence electrons. The molecule has 0 atom stereocenters. The molecule has 0 unspecified atom stereocenters. The smallest absolute Gasteiger partial charge is 0.369 e. The van der Waals surface area contributed by atoms with E-state index in [1.54, 1.807) is 12.1 Å². The summed E-state index contributed by atoms with van der Waals surface area (Å²) >= 11 is 0. The molecule has 0 bridgehead atoms. The van der Waals surface area contributed by atoms with Crippen molar-refractivity contribution in [2.45, 2.75) is 16.8 Å². The normalized spacial score (nSPS) is 15.7. The third-order valence-electron chi connectivity index (χ3n) is 4.56. The average molecular weight is 428 g/mol. The first kappa shape index (κ1) is 20.9.